The van der Waals surface area contributed by atoms with Crippen molar-refractivity contribution in [2.45, 2.75) is 19.8 Å². The Kier molecular flexibility index (Phi) is 6.11. The molecule has 0 amide bonds. The van der Waals surface area contributed by atoms with E-state index in [-0.39, 0.29) is 5.75 Å². The van der Waals surface area contributed by atoms with Crippen LogP contribution in [-0.4, -0.2) is 27.8 Å². The van der Waals surface area contributed by atoms with E-state index in [0.717, 1.165) is 23.0 Å². The highest BCUT2D eigenvalue weighted by molar-refractivity contribution is 9.10. The average Bonchev–Trinajstić information content (AvgIpc) is 2.31. The van der Waals surface area contributed by atoms with Gasteiger partial charge in [-0.3, -0.25) is 4.72 Å². The summed E-state index contributed by atoms with van der Waals surface area (Å²) >= 11 is 3.38. The number of benzene rings is 1. The number of hydrogen-bond donors (Lipinski definition) is 2. The zero-order chi connectivity index (χ0) is 13.6. The zero-order valence-corrected chi connectivity index (χ0v) is 13.1. The van der Waals surface area contributed by atoms with Crippen LogP contribution in [0.5, 0.6) is 0 Å². The molecule has 1 aromatic carbocycles. The molecule has 0 unspecified atom stereocenters. The van der Waals surface area contributed by atoms with Gasteiger partial charge in [0.25, 0.3) is 0 Å². The van der Waals surface area contributed by atoms with Crippen LogP contribution < -0.4 is 10.0 Å². The van der Waals surface area contributed by atoms with Crippen LogP contribution in [-0.2, 0) is 10.0 Å². The van der Waals surface area contributed by atoms with Crippen molar-refractivity contribution in [2.24, 2.45) is 0 Å². The molecule has 1 rings (SSSR count). The standard InChI is InChI=1S/C12H19BrN2O2S/c1-10-11(13)6-5-7-12(10)15-18(16,17)9-4-3-8-14-2/h5-7,14-15H,3-4,8-9H2,1-2H3. The molecule has 0 aliphatic heterocycles. The van der Waals surface area contributed by atoms with E-state index in [1.165, 1.54) is 0 Å². The van der Waals surface area contributed by atoms with Gasteiger partial charge in [0.05, 0.1) is 11.4 Å². The molecular formula is C12H19BrN2O2S. The Balaban J connectivity index is 2.62. The molecule has 0 spiro atoms. The topological polar surface area (TPSA) is 58.2 Å². The Morgan fingerprint density at radius 1 is 1.28 bits per heavy atom. The monoisotopic (exact) mass is 334 g/mol. The summed E-state index contributed by atoms with van der Waals surface area (Å²) in [6.45, 7) is 2.72. The molecule has 0 heterocycles. The minimum Gasteiger partial charge on any atom is -0.320 e. The number of rotatable bonds is 7. The van der Waals surface area contributed by atoms with Crippen LogP contribution in [0, 0.1) is 6.92 Å². The maximum Gasteiger partial charge on any atom is 0.232 e. The molecule has 0 saturated heterocycles. The summed E-state index contributed by atoms with van der Waals surface area (Å²) in [5.74, 6) is 0.153. The molecule has 2 N–H and O–H groups in total. The van der Waals surface area contributed by atoms with E-state index in [1.807, 2.05) is 26.1 Å². The fourth-order valence-corrected chi connectivity index (χ4v) is 3.14. The molecule has 1 aromatic rings. The summed E-state index contributed by atoms with van der Waals surface area (Å²) < 4.78 is 27.3. The molecule has 0 radical (unpaired) electrons. The summed E-state index contributed by atoms with van der Waals surface area (Å²) in [4.78, 5) is 0. The highest BCUT2D eigenvalue weighted by Crippen LogP contribution is 2.24. The number of unbranched alkanes of at least 4 members (excludes halogenated alkanes) is 1. The zero-order valence-electron chi connectivity index (χ0n) is 10.7. The third-order valence-electron chi connectivity index (χ3n) is 2.62. The highest BCUT2D eigenvalue weighted by atomic mass is 79.9. The van der Waals surface area contributed by atoms with Gasteiger partial charge >= 0.3 is 0 Å². The van der Waals surface area contributed by atoms with Crippen LogP contribution in [0.4, 0.5) is 5.69 Å². The van der Waals surface area contributed by atoms with Crippen LogP contribution in [0.2, 0.25) is 0 Å². The SMILES string of the molecule is CNCCCCS(=O)(=O)Nc1cccc(Br)c1C. The lowest BCUT2D eigenvalue weighted by molar-refractivity contribution is 0.595. The van der Waals surface area contributed by atoms with Gasteiger partial charge in [-0.1, -0.05) is 22.0 Å². The van der Waals surface area contributed by atoms with Gasteiger partial charge in [0, 0.05) is 4.47 Å². The molecule has 0 aliphatic rings. The van der Waals surface area contributed by atoms with Gasteiger partial charge in [0.2, 0.25) is 10.0 Å². The molecule has 4 nitrogen and oxygen atoms in total. The highest BCUT2D eigenvalue weighted by Gasteiger charge is 2.12. The molecule has 6 heteroatoms. The second kappa shape index (κ2) is 7.11. The third-order valence-corrected chi connectivity index (χ3v) is 4.84. The first kappa shape index (κ1) is 15.5. The second-order valence-corrected chi connectivity index (χ2v) is 6.84. The largest absolute Gasteiger partial charge is 0.320 e. The first-order chi connectivity index (χ1) is 8.46. The molecule has 0 aromatic heterocycles. The van der Waals surface area contributed by atoms with Crippen molar-refractivity contribution in [2.75, 3.05) is 24.1 Å². The smallest absolute Gasteiger partial charge is 0.232 e. The first-order valence-electron chi connectivity index (χ1n) is 5.86. The van der Waals surface area contributed by atoms with E-state index < -0.39 is 10.0 Å². The van der Waals surface area contributed by atoms with Crippen LogP contribution in [0.1, 0.15) is 18.4 Å². The van der Waals surface area contributed by atoms with Crippen molar-refractivity contribution in [1.82, 2.24) is 5.32 Å². The summed E-state index contributed by atoms with van der Waals surface area (Å²) in [6.07, 6.45) is 1.51. The Morgan fingerprint density at radius 3 is 2.67 bits per heavy atom. The van der Waals surface area contributed by atoms with Crippen molar-refractivity contribution in [3.05, 3.63) is 28.2 Å². The number of anilines is 1. The van der Waals surface area contributed by atoms with Crippen LogP contribution in [0.15, 0.2) is 22.7 Å². The van der Waals surface area contributed by atoms with Gasteiger partial charge in [-0.05, 0) is 51.1 Å². The lowest BCUT2D eigenvalue weighted by Crippen LogP contribution is -2.18. The fourth-order valence-electron chi connectivity index (χ4n) is 1.53. The fraction of sp³-hybridized carbons (Fsp3) is 0.500. The van der Waals surface area contributed by atoms with Crippen molar-refractivity contribution in [3.63, 3.8) is 0 Å². The first-order valence-corrected chi connectivity index (χ1v) is 8.31. The van der Waals surface area contributed by atoms with Crippen molar-refractivity contribution >= 4 is 31.6 Å². The Bertz CT molecular complexity index is 489. The minimum atomic E-state index is -3.25. The Labute approximate surface area is 117 Å². The molecule has 0 aliphatic carbocycles. The van der Waals surface area contributed by atoms with Gasteiger partial charge < -0.3 is 5.32 Å². The summed E-state index contributed by atoms with van der Waals surface area (Å²) in [7, 11) is -1.39. The number of hydrogen-bond acceptors (Lipinski definition) is 3. The van der Waals surface area contributed by atoms with E-state index in [0.29, 0.717) is 12.1 Å². The van der Waals surface area contributed by atoms with Gasteiger partial charge in [-0.15, -0.1) is 0 Å². The molecular weight excluding hydrogens is 316 g/mol. The van der Waals surface area contributed by atoms with Gasteiger partial charge in [-0.25, -0.2) is 8.42 Å². The third kappa shape index (κ3) is 4.96. The van der Waals surface area contributed by atoms with E-state index in [4.69, 9.17) is 0 Å². The normalized spacial score (nSPS) is 11.5. The van der Waals surface area contributed by atoms with Crippen LogP contribution in [0.25, 0.3) is 0 Å². The van der Waals surface area contributed by atoms with E-state index in [1.54, 1.807) is 6.07 Å². The number of nitrogens with one attached hydrogen (secondary N) is 2. The quantitative estimate of drug-likeness (QED) is 0.753. The maximum absolute atomic E-state index is 11.9. The number of halogens is 1. The van der Waals surface area contributed by atoms with Gasteiger partial charge in [0.15, 0.2) is 0 Å². The summed E-state index contributed by atoms with van der Waals surface area (Å²) in [5, 5.41) is 3.00. The maximum atomic E-state index is 11.9. The van der Waals surface area contributed by atoms with E-state index in [9.17, 15) is 8.42 Å². The van der Waals surface area contributed by atoms with E-state index >= 15 is 0 Å². The predicted molar refractivity (Wildman–Crippen MR) is 79.4 cm³/mol. The molecule has 18 heavy (non-hydrogen) atoms. The lowest BCUT2D eigenvalue weighted by atomic mass is 10.2. The van der Waals surface area contributed by atoms with Gasteiger partial charge in [-0.2, -0.15) is 0 Å². The van der Waals surface area contributed by atoms with E-state index in [2.05, 4.69) is 26.0 Å². The van der Waals surface area contributed by atoms with Crippen molar-refractivity contribution < 1.29 is 8.42 Å². The van der Waals surface area contributed by atoms with Crippen LogP contribution >= 0.6 is 15.9 Å². The average molecular weight is 335 g/mol. The van der Waals surface area contributed by atoms with Crippen molar-refractivity contribution in [3.8, 4) is 0 Å². The molecule has 102 valence electrons. The molecule has 0 atom stereocenters. The Morgan fingerprint density at radius 2 is 2.00 bits per heavy atom. The lowest BCUT2D eigenvalue weighted by Gasteiger charge is -2.11. The summed E-state index contributed by atoms with van der Waals surface area (Å²) in [5.41, 5.74) is 1.54. The van der Waals surface area contributed by atoms with Gasteiger partial charge in [0.1, 0.15) is 0 Å². The number of sulfonamides is 1. The molecule has 0 fully saturated rings. The minimum absolute atomic E-state index is 0.153. The Hall–Kier alpha value is -0.590. The summed E-state index contributed by atoms with van der Waals surface area (Å²) in [6, 6.07) is 5.47. The predicted octanol–water partition coefficient (Wildman–Crippen LogP) is 2.50. The second-order valence-electron chi connectivity index (χ2n) is 4.14. The van der Waals surface area contributed by atoms with Crippen molar-refractivity contribution in [1.29, 1.82) is 0 Å². The molecule has 0 saturated carbocycles. The van der Waals surface area contributed by atoms with Crippen LogP contribution in [0.3, 0.4) is 0 Å². The molecule has 0 bridgehead atoms.